The molecular weight excluding hydrogens is 622 g/mol. The van der Waals surface area contributed by atoms with Crippen LogP contribution in [0.5, 0.6) is 0 Å². The molecule has 10 rings (SSSR count). The Morgan fingerprint density at radius 3 is 1.52 bits per heavy atom. The molecule has 0 saturated carbocycles. The average molecular weight is 652 g/mol. The van der Waals surface area contributed by atoms with Crippen LogP contribution in [0.2, 0.25) is 0 Å². The molecule has 0 unspecified atom stereocenters. The van der Waals surface area contributed by atoms with Gasteiger partial charge in [0.1, 0.15) is 0 Å². The summed E-state index contributed by atoms with van der Waals surface area (Å²) in [5.74, 6) is 2.34. The molecule has 0 radical (unpaired) electrons. The first kappa shape index (κ1) is 28.8. The molecule has 232 valence electrons. The van der Waals surface area contributed by atoms with Crippen molar-refractivity contribution >= 4 is 62.2 Å². The standard InChI is InChI=1S/C48H30NP/c1-3-11-33-25-37(19-17-31(33)9-1)47-41-14-6-7-15-42(41)48(38-20-18-32-10-2-4-12-34(32)26-38)44-28-35(21-23-43(44)47)39-22-24-46(50-30-39)40-27-36-13-5-8-16-45(36)49-29-40/h1-30H. The zero-order valence-electron chi connectivity index (χ0n) is 27.2. The molecular formula is C48H30NP. The van der Waals surface area contributed by atoms with Gasteiger partial charge < -0.3 is 0 Å². The second-order valence-electron chi connectivity index (χ2n) is 13.0. The maximum absolute atomic E-state index is 4.72. The molecule has 0 fully saturated rings. The maximum Gasteiger partial charge on any atom is 0.0702 e. The molecule has 50 heavy (non-hydrogen) atoms. The van der Waals surface area contributed by atoms with Crippen LogP contribution >= 0.6 is 8.19 Å². The van der Waals surface area contributed by atoms with E-state index in [-0.39, 0.29) is 0 Å². The van der Waals surface area contributed by atoms with Crippen molar-refractivity contribution in [2.24, 2.45) is 0 Å². The number of benzene rings is 8. The first-order valence-electron chi connectivity index (χ1n) is 17.1. The van der Waals surface area contributed by atoms with E-state index in [2.05, 4.69) is 170 Å². The van der Waals surface area contributed by atoms with E-state index in [1.807, 2.05) is 12.3 Å². The number of rotatable bonds is 4. The number of para-hydroxylation sites is 1. The lowest BCUT2D eigenvalue weighted by Crippen LogP contribution is -1.92. The van der Waals surface area contributed by atoms with Crippen LogP contribution in [-0.4, -0.2) is 4.98 Å². The van der Waals surface area contributed by atoms with Crippen LogP contribution in [0.1, 0.15) is 0 Å². The summed E-state index contributed by atoms with van der Waals surface area (Å²) < 4.78 is 0. The summed E-state index contributed by atoms with van der Waals surface area (Å²) in [6.07, 6.45) is 2.00. The van der Waals surface area contributed by atoms with Crippen molar-refractivity contribution in [1.29, 1.82) is 0 Å². The van der Waals surface area contributed by atoms with E-state index >= 15 is 0 Å². The molecule has 0 spiro atoms. The predicted molar refractivity (Wildman–Crippen MR) is 216 cm³/mol. The lowest BCUT2D eigenvalue weighted by Gasteiger charge is -2.19. The predicted octanol–water partition coefficient (Wildman–Crippen LogP) is 14.1. The van der Waals surface area contributed by atoms with Crippen molar-refractivity contribution in [3.63, 3.8) is 0 Å². The smallest absolute Gasteiger partial charge is 0.0702 e. The van der Waals surface area contributed by atoms with E-state index in [0.29, 0.717) is 0 Å². The third kappa shape index (κ3) is 4.86. The van der Waals surface area contributed by atoms with Crippen molar-refractivity contribution in [3.05, 3.63) is 182 Å². The quantitative estimate of drug-likeness (QED) is 0.173. The summed E-state index contributed by atoms with van der Waals surface area (Å²) in [4.78, 5) is 4.72. The molecule has 2 heteroatoms. The lowest BCUT2D eigenvalue weighted by molar-refractivity contribution is 1.42. The summed E-state index contributed by atoms with van der Waals surface area (Å²) in [5, 5.41) is 12.5. The van der Waals surface area contributed by atoms with Gasteiger partial charge in [-0.3, -0.25) is 4.98 Å². The monoisotopic (exact) mass is 651 g/mol. The molecule has 2 heterocycles. The van der Waals surface area contributed by atoms with Crippen LogP contribution in [0.25, 0.3) is 98.2 Å². The number of fused-ring (bicyclic) bond motifs is 5. The number of nitrogens with zero attached hydrogens (tertiary/aromatic N) is 1. The van der Waals surface area contributed by atoms with Gasteiger partial charge in [0.05, 0.1) is 5.52 Å². The summed E-state index contributed by atoms with van der Waals surface area (Å²) >= 11 is 0. The molecule has 0 aliphatic carbocycles. The van der Waals surface area contributed by atoms with Crippen LogP contribution in [0.15, 0.2) is 182 Å². The largest absolute Gasteiger partial charge is 0.256 e. The van der Waals surface area contributed by atoms with Crippen molar-refractivity contribution < 1.29 is 0 Å². The molecule has 10 aromatic rings. The van der Waals surface area contributed by atoms with Gasteiger partial charge in [-0.25, -0.2) is 0 Å². The second-order valence-corrected chi connectivity index (χ2v) is 14.0. The summed E-state index contributed by atoms with van der Waals surface area (Å²) in [6, 6.07) is 62.2. The Morgan fingerprint density at radius 2 is 0.860 bits per heavy atom. The zero-order chi connectivity index (χ0) is 33.0. The highest BCUT2D eigenvalue weighted by atomic mass is 31.0. The van der Waals surface area contributed by atoms with Crippen LogP contribution in [0.4, 0.5) is 0 Å². The first-order valence-corrected chi connectivity index (χ1v) is 18.0. The van der Waals surface area contributed by atoms with Gasteiger partial charge in [-0.15, -0.1) is 0 Å². The summed E-state index contributed by atoms with van der Waals surface area (Å²) in [6.45, 7) is 0. The molecule has 0 aliphatic rings. The Hall–Kier alpha value is -6.14. The Balaban J connectivity index is 1.20. The zero-order valence-corrected chi connectivity index (χ0v) is 28.1. The fraction of sp³-hybridized carbons (Fsp3) is 0. The highest BCUT2D eigenvalue weighted by Gasteiger charge is 2.18. The third-order valence-electron chi connectivity index (χ3n) is 10.1. The number of hydrogen-bond donors (Lipinski definition) is 0. The number of pyridine rings is 1. The van der Waals surface area contributed by atoms with Gasteiger partial charge in [0, 0.05) is 22.4 Å². The average Bonchev–Trinajstić information content (AvgIpc) is 3.19. The van der Waals surface area contributed by atoms with E-state index < -0.39 is 0 Å². The van der Waals surface area contributed by atoms with Crippen molar-refractivity contribution in [2.45, 2.75) is 0 Å². The van der Waals surface area contributed by atoms with Gasteiger partial charge >= 0.3 is 0 Å². The summed E-state index contributed by atoms with van der Waals surface area (Å²) in [5.41, 5.74) is 9.68. The van der Waals surface area contributed by atoms with Gasteiger partial charge in [-0.1, -0.05) is 142 Å². The molecule has 0 bridgehead atoms. The third-order valence-corrected chi connectivity index (χ3v) is 11.2. The lowest BCUT2D eigenvalue weighted by atomic mass is 9.84. The van der Waals surface area contributed by atoms with E-state index in [1.54, 1.807) is 0 Å². The fourth-order valence-electron chi connectivity index (χ4n) is 7.62. The fourth-order valence-corrected chi connectivity index (χ4v) is 8.56. The molecule has 0 saturated heterocycles. The SMILES string of the molecule is c1ccc2cc(-c3c4ccccc4c(-c4ccc5ccccc5c4)c4cc(-c5ccc(-c6cnc7ccccc7c6)pc5)ccc34)ccc2c1. The topological polar surface area (TPSA) is 12.9 Å². The van der Waals surface area contributed by atoms with Crippen molar-refractivity contribution in [1.82, 2.24) is 4.98 Å². The van der Waals surface area contributed by atoms with Crippen LogP contribution in [0.3, 0.4) is 0 Å². The Bertz CT molecular complexity index is 2920. The van der Waals surface area contributed by atoms with E-state index in [4.69, 9.17) is 4.98 Å². The van der Waals surface area contributed by atoms with Crippen molar-refractivity contribution in [2.75, 3.05) is 0 Å². The highest BCUT2D eigenvalue weighted by Crippen LogP contribution is 2.46. The number of hydrogen-bond acceptors (Lipinski definition) is 1. The van der Waals surface area contributed by atoms with Gasteiger partial charge in [-0.2, -0.15) is 0 Å². The van der Waals surface area contributed by atoms with Gasteiger partial charge in [-0.05, 0) is 119 Å². The van der Waals surface area contributed by atoms with E-state index in [1.165, 1.54) is 92.7 Å². The molecule has 8 aromatic carbocycles. The Kier molecular flexibility index (Phi) is 6.79. The normalized spacial score (nSPS) is 11.8. The van der Waals surface area contributed by atoms with Gasteiger partial charge in [0.2, 0.25) is 0 Å². The Morgan fingerprint density at radius 1 is 0.340 bits per heavy atom. The van der Waals surface area contributed by atoms with Crippen LogP contribution < -0.4 is 0 Å². The van der Waals surface area contributed by atoms with Gasteiger partial charge in [0.15, 0.2) is 0 Å². The molecule has 0 amide bonds. The van der Waals surface area contributed by atoms with Crippen molar-refractivity contribution in [3.8, 4) is 44.2 Å². The minimum Gasteiger partial charge on any atom is -0.256 e. The van der Waals surface area contributed by atoms with E-state index in [0.717, 1.165) is 13.7 Å². The Labute approximate surface area is 292 Å². The van der Waals surface area contributed by atoms with Gasteiger partial charge in [0.25, 0.3) is 0 Å². The minimum atomic E-state index is 1.03. The molecule has 0 aliphatic heterocycles. The van der Waals surface area contributed by atoms with Crippen LogP contribution in [0, 0.1) is 0 Å². The summed E-state index contributed by atoms with van der Waals surface area (Å²) in [7, 11) is 1.16. The highest BCUT2D eigenvalue weighted by molar-refractivity contribution is 7.33. The first-order chi connectivity index (χ1) is 24.8. The second kappa shape index (κ2) is 11.8. The molecule has 1 nitrogen and oxygen atoms in total. The van der Waals surface area contributed by atoms with E-state index in [9.17, 15) is 0 Å². The maximum atomic E-state index is 4.72. The number of aromatic nitrogens is 1. The molecule has 0 atom stereocenters. The van der Waals surface area contributed by atoms with Crippen LogP contribution in [-0.2, 0) is 0 Å². The molecule has 2 aromatic heterocycles. The molecule has 0 N–H and O–H groups in total. The minimum absolute atomic E-state index is 1.03.